The van der Waals surface area contributed by atoms with E-state index in [9.17, 15) is 9.59 Å². The first-order valence-corrected chi connectivity index (χ1v) is 7.76. The number of anilines is 2. The third-order valence-corrected chi connectivity index (χ3v) is 3.37. The molecular weight excluding hydrogens is 411 g/mol. The van der Waals surface area contributed by atoms with Gasteiger partial charge in [0, 0.05) is 19.1 Å². The van der Waals surface area contributed by atoms with Gasteiger partial charge in [-0.1, -0.05) is 0 Å². The first-order valence-electron chi connectivity index (χ1n) is 6.68. The number of amides is 2. The van der Waals surface area contributed by atoms with Gasteiger partial charge in [-0.2, -0.15) is 0 Å². The van der Waals surface area contributed by atoms with E-state index in [4.69, 9.17) is 9.15 Å². The zero-order valence-electron chi connectivity index (χ0n) is 12.6. The van der Waals surface area contributed by atoms with Gasteiger partial charge >= 0.3 is 0 Å². The molecule has 7 heteroatoms. The Hall–Kier alpha value is -2.29. The van der Waals surface area contributed by atoms with Crippen molar-refractivity contribution < 1.29 is 18.7 Å². The molecule has 0 saturated heterocycles. The maximum absolute atomic E-state index is 12.0. The van der Waals surface area contributed by atoms with E-state index in [0.717, 1.165) is 3.77 Å². The zero-order chi connectivity index (χ0) is 16.8. The summed E-state index contributed by atoms with van der Waals surface area (Å²) >= 11 is 2.04. The largest absolute Gasteiger partial charge is 0.497 e. The lowest BCUT2D eigenvalue weighted by Crippen LogP contribution is -2.13. The molecule has 0 fully saturated rings. The van der Waals surface area contributed by atoms with Gasteiger partial charge in [0.15, 0.2) is 3.77 Å². The molecular formula is C16H15IN2O4. The van der Waals surface area contributed by atoms with Crippen LogP contribution in [0.25, 0.3) is 6.08 Å². The van der Waals surface area contributed by atoms with Gasteiger partial charge in [-0.25, -0.2) is 0 Å². The van der Waals surface area contributed by atoms with E-state index in [1.54, 1.807) is 36.4 Å². The molecule has 0 radical (unpaired) electrons. The van der Waals surface area contributed by atoms with Crippen molar-refractivity contribution in [3.8, 4) is 5.75 Å². The van der Waals surface area contributed by atoms with Crippen LogP contribution in [0.5, 0.6) is 5.75 Å². The lowest BCUT2D eigenvalue weighted by atomic mass is 10.2. The van der Waals surface area contributed by atoms with Gasteiger partial charge in [-0.15, -0.1) is 0 Å². The monoisotopic (exact) mass is 426 g/mol. The molecule has 0 aliphatic rings. The van der Waals surface area contributed by atoms with E-state index >= 15 is 0 Å². The van der Waals surface area contributed by atoms with Gasteiger partial charge in [0.05, 0.1) is 18.5 Å². The molecule has 2 rings (SSSR count). The first kappa shape index (κ1) is 17.1. The zero-order valence-corrected chi connectivity index (χ0v) is 14.7. The van der Waals surface area contributed by atoms with Crippen LogP contribution in [0.15, 0.2) is 40.8 Å². The third kappa shape index (κ3) is 5.13. The Balaban J connectivity index is 2.15. The highest BCUT2D eigenvalue weighted by Gasteiger charge is 2.08. The molecule has 0 aliphatic carbocycles. The fraction of sp³-hybridized carbons (Fsp3) is 0.125. The average Bonchev–Trinajstić information content (AvgIpc) is 2.92. The SMILES string of the molecule is COc1ccc(NC(C)=O)c(NC(=O)C=Cc2ccc(I)o2)c1. The van der Waals surface area contributed by atoms with Gasteiger partial charge in [-0.05, 0) is 52.9 Å². The van der Waals surface area contributed by atoms with Gasteiger partial charge in [0.25, 0.3) is 0 Å². The van der Waals surface area contributed by atoms with Crippen LogP contribution in [0, 0.1) is 3.77 Å². The van der Waals surface area contributed by atoms with Crippen LogP contribution in [0.1, 0.15) is 12.7 Å². The standard InChI is InChI=1S/C16H15IN2O4/c1-10(20)18-13-6-3-12(22-2)9-14(13)19-16(21)8-5-11-4-7-15(17)23-11/h3-9H,1-2H3,(H,18,20)(H,19,21). The highest BCUT2D eigenvalue weighted by Crippen LogP contribution is 2.27. The number of nitrogens with one attached hydrogen (secondary N) is 2. The van der Waals surface area contributed by atoms with Gasteiger partial charge in [0.1, 0.15) is 11.5 Å². The summed E-state index contributed by atoms with van der Waals surface area (Å²) in [7, 11) is 1.53. The van der Waals surface area contributed by atoms with E-state index in [0.29, 0.717) is 22.9 Å². The van der Waals surface area contributed by atoms with Crippen LogP contribution in [-0.2, 0) is 9.59 Å². The molecule has 0 aliphatic heterocycles. The summed E-state index contributed by atoms with van der Waals surface area (Å²) in [6, 6.07) is 8.55. The second-order valence-corrected chi connectivity index (χ2v) is 5.62. The fourth-order valence-corrected chi connectivity index (χ4v) is 2.24. The number of methoxy groups -OCH3 is 1. The summed E-state index contributed by atoms with van der Waals surface area (Å²) in [5, 5.41) is 5.36. The summed E-state index contributed by atoms with van der Waals surface area (Å²) in [5.74, 6) is 0.568. The van der Waals surface area contributed by atoms with E-state index in [-0.39, 0.29) is 11.8 Å². The summed E-state index contributed by atoms with van der Waals surface area (Å²) < 4.78 is 11.2. The molecule has 0 saturated carbocycles. The Morgan fingerprint density at radius 1 is 1.17 bits per heavy atom. The molecule has 2 N–H and O–H groups in total. The van der Waals surface area contributed by atoms with Crippen molar-refractivity contribution in [3.05, 3.63) is 45.9 Å². The van der Waals surface area contributed by atoms with Gasteiger partial charge < -0.3 is 19.8 Å². The molecule has 23 heavy (non-hydrogen) atoms. The van der Waals surface area contributed by atoms with Crippen LogP contribution in [-0.4, -0.2) is 18.9 Å². The minimum atomic E-state index is -0.351. The van der Waals surface area contributed by atoms with Crippen molar-refractivity contribution >= 4 is 51.9 Å². The maximum atomic E-state index is 12.0. The number of rotatable bonds is 5. The summed E-state index contributed by atoms with van der Waals surface area (Å²) in [4.78, 5) is 23.3. The molecule has 0 bridgehead atoms. The van der Waals surface area contributed by atoms with Crippen LogP contribution >= 0.6 is 22.6 Å². The van der Waals surface area contributed by atoms with Crippen LogP contribution in [0.4, 0.5) is 11.4 Å². The lowest BCUT2D eigenvalue weighted by Gasteiger charge is -2.12. The molecule has 1 heterocycles. The number of halogens is 1. The number of benzene rings is 1. The smallest absolute Gasteiger partial charge is 0.248 e. The molecule has 2 aromatic rings. The Morgan fingerprint density at radius 3 is 2.57 bits per heavy atom. The van der Waals surface area contributed by atoms with Crippen LogP contribution in [0.2, 0.25) is 0 Å². The predicted molar refractivity (Wildman–Crippen MR) is 96.4 cm³/mol. The van der Waals surface area contributed by atoms with Crippen molar-refractivity contribution in [2.24, 2.45) is 0 Å². The first-order chi connectivity index (χ1) is 11.0. The Kier molecular flexibility index (Phi) is 5.80. The molecule has 2 amide bonds. The number of furan rings is 1. The Labute approximate surface area is 147 Å². The minimum Gasteiger partial charge on any atom is -0.497 e. The number of ether oxygens (including phenoxy) is 1. The second-order valence-electron chi connectivity index (χ2n) is 4.56. The van der Waals surface area contributed by atoms with Crippen molar-refractivity contribution in [2.75, 3.05) is 17.7 Å². The summed E-state index contributed by atoms with van der Waals surface area (Å²) in [5.41, 5.74) is 0.941. The van der Waals surface area contributed by atoms with Crippen molar-refractivity contribution in [1.82, 2.24) is 0 Å². The third-order valence-electron chi connectivity index (χ3n) is 2.79. The van der Waals surface area contributed by atoms with E-state index < -0.39 is 0 Å². The van der Waals surface area contributed by atoms with Crippen molar-refractivity contribution in [3.63, 3.8) is 0 Å². The molecule has 0 spiro atoms. The van der Waals surface area contributed by atoms with Gasteiger partial charge in [0.2, 0.25) is 11.8 Å². The minimum absolute atomic E-state index is 0.230. The topological polar surface area (TPSA) is 80.6 Å². The van der Waals surface area contributed by atoms with E-state index in [1.807, 2.05) is 22.6 Å². The lowest BCUT2D eigenvalue weighted by molar-refractivity contribution is -0.114. The number of carbonyl (C=O) groups is 2. The fourth-order valence-electron chi connectivity index (χ4n) is 1.80. The molecule has 0 unspecified atom stereocenters. The van der Waals surface area contributed by atoms with Crippen molar-refractivity contribution in [2.45, 2.75) is 6.92 Å². The van der Waals surface area contributed by atoms with E-state index in [2.05, 4.69) is 10.6 Å². The average molecular weight is 426 g/mol. The highest BCUT2D eigenvalue weighted by atomic mass is 127. The summed E-state index contributed by atoms with van der Waals surface area (Å²) in [6.45, 7) is 1.40. The second kappa shape index (κ2) is 7.82. The Bertz CT molecular complexity index is 752. The predicted octanol–water partition coefficient (Wildman–Crippen LogP) is 3.50. The van der Waals surface area contributed by atoms with E-state index in [1.165, 1.54) is 20.1 Å². The molecule has 0 atom stereocenters. The van der Waals surface area contributed by atoms with Gasteiger partial charge in [-0.3, -0.25) is 9.59 Å². The molecule has 1 aromatic heterocycles. The number of hydrogen-bond donors (Lipinski definition) is 2. The highest BCUT2D eigenvalue weighted by molar-refractivity contribution is 14.1. The normalized spacial score (nSPS) is 10.6. The quantitative estimate of drug-likeness (QED) is 0.567. The molecule has 1 aromatic carbocycles. The Morgan fingerprint density at radius 2 is 1.96 bits per heavy atom. The summed E-state index contributed by atoms with van der Waals surface area (Å²) in [6.07, 6.45) is 2.92. The number of hydrogen-bond acceptors (Lipinski definition) is 4. The van der Waals surface area contributed by atoms with Crippen molar-refractivity contribution in [1.29, 1.82) is 0 Å². The number of carbonyl (C=O) groups excluding carboxylic acids is 2. The molecule has 120 valence electrons. The van der Waals surface area contributed by atoms with Crippen LogP contribution < -0.4 is 15.4 Å². The van der Waals surface area contributed by atoms with Crippen LogP contribution in [0.3, 0.4) is 0 Å². The maximum Gasteiger partial charge on any atom is 0.248 e. The molecule has 6 nitrogen and oxygen atoms in total.